The first-order chi connectivity index (χ1) is 28.5. The molecule has 0 aromatic carbocycles. The second-order valence-corrected chi connectivity index (χ2v) is 14.9. The smallest absolute Gasteiger partial charge is 0.306 e. The highest BCUT2D eigenvalue weighted by atomic mass is 16.6. The number of unbranched alkanes of at least 4 members (excludes halogenated alkanes) is 13. The molecule has 6 heteroatoms. The monoisotopic (exact) mass is 805 g/mol. The van der Waals surface area contributed by atoms with Crippen LogP contribution >= 0.6 is 0 Å². The van der Waals surface area contributed by atoms with E-state index < -0.39 is 6.10 Å². The lowest BCUT2D eigenvalue weighted by Crippen LogP contribution is -2.30. The number of rotatable bonds is 40. The highest BCUT2D eigenvalue weighted by Gasteiger charge is 2.19. The van der Waals surface area contributed by atoms with Crippen LogP contribution in [0.5, 0.6) is 0 Å². The average molecular weight is 805 g/mol. The molecule has 0 heterocycles. The lowest BCUT2D eigenvalue weighted by atomic mass is 10.1. The maximum atomic E-state index is 12.7. The van der Waals surface area contributed by atoms with Gasteiger partial charge in [-0.05, 0) is 116 Å². The zero-order valence-corrected chi connectivity index (χ0v) is 37.3. The lowest BCUT2D eigenvalue weighted by Gasteiger charge is -2.18. The van der Waals surface area contributed by atoms with E-state index in [1.54, 1.807) is 0 Å². The first-order valence-corrected chi connectivity index (χ1v) is 23.2. The van der Waals surface area contributed by atoms with Crippen LogP contribution in [0.2, 0.25) is 0 Å². The Labute approximate surface area is 356 Å². The fourth-order valence-electron chi connectivity index (χ4n) is 5.85. The maximum Gasteiger partial charge on any atom is 0.306 e. The Balaban J connectivity index is 4.44. The third-order valence-electron chi connectivity index (χ3n) is 9.30. The van der Waals surface area contributed by atoms with Gasteiger partial charge in [-0.1, -0.05) is 157 Å². The molecule has 0 N–H and O–H groups in total. The fourth-order valence-corrected chi connectivity index (χ4v) is 5.85. The summed E-state index contributed by atoms with van der Waals surface area (Å²) in [6, 6.07) is 0. The second kappa shape index (κ2) is 46.0. The molecule has 0 aliphatic rings. The molecule has 58 heavy (non-hydrogen) atoms. The van der Waals surface area contributed by atoms with Gasteiger partial charge in [-0.3, -0.25) is 14.4 Å². The van der Waals surface area contributed by atoms with Crippen molar-refractivity contribution in [3.63, 3.8) is 0 Å². The third-order valence-corrected chi connectivity index (χ3v) is 9.30. The van der Waals surface area contributed by atoms with Crippen molar-refractivity contribution >= 4 is 17.9 Å². The molecule has 328 valence electrons. The van der Waals surface area contributed by atoms with Gasteiger partial charge < -0.3 is 14.2 Å². The summed E-state index contributed by atoms with van der Waals surface area (Å²) < 4.78 is 16.6. The molecule has 0 aromatic heterocycles. The van der Waals surface area contributed by atoms with Crippen molar-refractivity contribution in [1.29, 1.82) is 0 Å². The minimum Gasteiger partial charge on any atom is -0.462 e. The summed E-state index contributed by atoms with van der Waals surface area (Å²) in [4.78, 5) is 37.7. The third kappa shape index (κ3) is 43.5. The van der Waals surface area contributed by atoms with Crippen molar-refractivity contribution in [1.82, 2.24) is 0 Å². The second-order valence-electron chi connectivity index (χ2n) is 14.9. The molecule has 0 rings (SSSR count). The summed E-state index contributed by atoms with van der Waals surface area (Å²) in [5.41, 5.74) is 0. The molecule has 0 aromatic rings. The molecule has 6 nitrogen and oxygen atoms in total. The molecule has 0 fully saturated rings. The molecule has 0 amide bonds. The van der Waals surface area contributed by atoms with E-state index in [1.807, 2.05) is 0 Å². The minimum atomic E-state index is -0.807. The van der Waals surface area contributed by atoms with Crippen molar-refractivity contribution in [3.05, 3.63) is 97.2 Å². The number of hydrogen-bond acceptors (Lipinski definition) is 6. The van der Waals surface area contributed by atoms with Gasteiger partial charge >= 0.3 is 17.9 Å². The van der Waals surface area contributed by atoms with Gasteiger partial charge in [0.15, 0.2) is 6.10 Å². The van der Waals surface area contributed by atoms with Gasteiger partial charge in [0.2, 0.25) is 0 Å². The summed E-state index contributed by atoms with van der Waals surface area (Å²) in [5.74, 6) is -0.996. The van der Waals surface area contributed by atoms with Crippen LogP contribution in [-0.2, 0) is 28.6 Å². The van der Waals surface area contributed by atoms with E-state index in [9.17, 15) is 14.4 Å². The Bertz CT molecular complexity index is 1200. The number of carbonyl (C=O) groups is 3. The number of esters is 3. The zero-order valence-electron chi connectivity index (χ0n) is 37.3. The molecule has 0 aliphatic carbocycles. The molecule has 1 atom stereocenters. The summed E-state index contributed by atoms with van der Waals surface area (Å²) >= 11 is 0. The predicted molar refractivity (Wildman–Crippen MR) is 247 cm³/mol. The first kappa shape index (κ1) is 54.3. The van der Waals surface area contributed by atoms with Crippen molar-refractivity contribution in [3.8, 4) is 0 Å². The Kier molecular flexibility index (Phi) is 43.1. The van der Waals surface area contributed by atoms with E-state index in [0.29, 0.717) is 19.3 Å². The van der Waals surface area contributed by atoms with Crippen LogP contribution in [-0.4, -0.2) is 37.2 Å². The highest BCUT2D eigenvalue weighted by molar-refractivity contribution is 5.71. The van der Waals surface area contributed by atoms with Crippen LogP contribution in [0.25, 0.3) is 0 Å². The van der Waals surface area contributed by atoms with Gasteiger partial charge in [0.1, 0.15) is 13.2 Å². The zero-order chi connectivity index (χ0) is 42.3. The normalized spacial score (nSPS) is 12.9. The first-order valence-electron chi connectivity index (χ1n) is 23.2. The number of hydrogen-bond donors (Lipinski definition) is 0. The number of allylic oxidation sites excluding steroid dienone is 16. The molecule has 0 aliphatic heterocycles. The highest BCUT2D eigenvalue weighted by Crippen LogP contribution is 2.12. The largest absolute Gasteiger partial charge is 0.462 e. The quantitative estimate of drug-likeness (QED) is 0.0266. The van der Waals surface area contributed by atoms with Crippen LogP contribution in [0.15, 0.2) is 97.2 Å². The molecule has 0 saturated carbocycles. The number of ether oxygens (including phenoxy) is 3. The molecule has 0 saturated heterocycles. The lowest BCUT2D eigenvalue weighted by molar-refractivity contribution is -0.167. The molecule has 0 spiro atoms. The predicted octanol–water partition coefficient (Wildman–Crippen LogP) is 15.0. The van der Waals surface area contributed by atoms with Gasteiger partial charge in [0.05, 0.1) is 0 Å². The standard InChI is InChI=1S/C52H84O6/c1-4-7-10-13-16-19-21-23-24-25-26-27-28-29-31-33-36-39-42-45-51(54)57-48-49(47-56-50(53)44-41-38-35-32-18-15-12-9-6-3)58-52(55)46-43-40-37-34-30-22-20-17-14-11-8-5-2/h7,9-10,12,16-20,23-24,26-27,29,31-32,49H,4-6,8,11,13-15,21-22,25,28,30,33-48H2,1-3H3/b10-7-,12-9-,19-16-,20-17-,24-23-,27-26-,31-29-,32-18-. The topological polar surface area (TPSA) is 78.9 Å². The van der Waals surface area contributed by atoms with Crippen LogP contribution in [0.3, 0.4) is 0 Å². The van der Waals surface area contributed by atoms with Crippen LogP contribution in [0, 0.1) is 0 Å². The molecule has 1 unspecified atom stereocenters. The van der Waals surface area contributed by atoms with E-state index in [-0.39, 0.29) is 31.1 Å². The Morgan fingerprint density at radius 1 is 0.362 bits per heavy atom. The van der Waals surface area contributed by atoms with E-state index in [4.69, 9.17) is 14.2 Å². The average Bonchev–Trinajstić information content (AvgIpc) is 3.22. The maximum absolute atomic E-state index is 12.7. The van der Waals surface area contributed by atoms with Gasteiger partial charge in [-0.15, -0.1) is 0 Å². The summed E-state index contributed by atoms with van der Waals surface area (Å²) in [7, 11) is 0. The van der Waals surface area contributed by atoms with Crippen molar-refractivity contribution in [2.24, 2.45) is 0 Å². The molecular weight excluding hydrogens is 721 g/mol. The van der Waals surface area contributed by atoms with Crippen LogP contribution in [0.4, 0.5) is 0 Å². The Hall–Kier alpha value is -3.67. The van der Waals surface area contributed by atoms with Crippen LogP contribution < -0.4 is 0 Å². The van der Waals surface area contributed by atoms with E-state index in [1.165, 1.54) is 32.1 Å². The molecule has 0 bridgehead atoms. The molecular formula is C52H84O6. The van der Waals surface area contributed by atoms with E-state index >= 15 is 0 Å². The van der Waals surface area contributed by atoms with E-state index in [0.717, 1.165) is 122 Å². The van der Waals surface area contributed by atoms with Gasteiger partial charge in [-0.25, -0.2) is 0 Å². The van der Waals surface area contributed by atoms with Gasteiger partial charge in [0, 0.05) is 19.3 Å². The van der Waals surface area contributed by atoms with Crippen molar-refractivity contribution in [2.45, 2.75) is 200 Å². The minimum absolute atomic E-state index is 0.110. The molecule has 0 radical (unpaired) electrons. The fraction of sp³-hybridized carbons (Fsp3) is 0.635. The summed E-state index contributed by atoms with van der Waals surface area (Å²) in [6.45, 7) is 6.28. The Morgan fingerprint density at radius 2 is 0.672 bits per heavy atom. The number of carbonyl (C=O) groups excluding carboxylic acids is 3. The van der Waals surface area contributed by atoms with E-state index in [2.05, 4.69) is 118 Å². The SMILES string of the molecule is CC/C=C\C/C=C\C/C=C\C/C=C\C/C=C\CCCCCC(=O)OCC(COC(=O)CCCC/C=C\C/C=C\CC)OC(=O)CCCCCCC/C=C\CCCCC. The van der Waals surface area contributed by atoms with Crippen molar-refractivity contribution < 1.29 is 28.6 Å². The van der Waals surface area contributed by atoms with Crippen molar-refractivity contribution in [2.75, 3.05) is 13.2 Å². The summed E-state index contributed by atoms with van der Waals surface area (Å²) in [6.07, 6.45) is 59.7. The van der Waals surface area contributed by atoms with Gasteiger partial charge in [0.25, 0.3) is 0 Å². The Morgan fingerprint density at radius 3 is 1.12 bits per heavy atom. The van der Waals surface area contributed by atoms with Gasteiger partial charge in [-0.2, -0.15) is 0 Å². The summed E-state index contributed by atoms with van der Waals surface area (Å²) in [5, 5.41) is 0. The van der Waals surface area contributed by atoms with Crippen LogP contribution in [0.1, 0.15) is 194 Å².